The lowest BCUT2D eigenvalue weighted by atomic mass is 9.98. The van der Waals surface area contributed by atoms with E-state index in [0.29, 0.717) is 53.6 Å². The summed E-state index contributed by atoms with van der Waals surface area (Å²) in [6, 6.07) is 11.4. The molecule has 0 saturated carbocycles. The maximum Gasteiger partial charge on any atom is 0.446 e. The number of halogens is 3. The molecule has 0 spiro atoms. The van der Waals surface area contributed by atoms with Crippen molar-refractivity contribution in [2.75, 3.05) is 44.5 Å². The van der Waals surface area contributed by atoms with Gasteiger partial charge in [-0.15, -0.1) is 0 Å². The summed E-state index contributed by atoms with van der Waals surface area (Å²) in [5.41, 5.74) is -3.46. The first-order chi connectivity index (χ1) is 21.0. The molecule has 0 aliphatic carbocycles. The number of anilines is 2. The molecule has 3 saturated heterocycles. The third kappa shape index (κ3) is 6.29. The molecule has 1 aromatic carbocycles. The minimum atomic E-state index is -4.50. The van der Waals surface area contributed by atoms with Gasteiger partial charge in [-0.2, -0.15) is 18.3 Å². The second-order valence-electron chi connectivity index (χ2n) is 11.8. The van der Waals surface area contributed by atoms with Crippen molar-refractivity contribution < 1.29 is 27.4 Å². The lowest BCUT2D eigenvalue weighted by Gasteiger charge is -2.38. The van der Waals surface area contributed by atoms with Crippen LogP contribution in [-0.2, 0) is 4.74 Å². The highest BCUT2D eigenvalue weighted by molar-refractivity contribution is 8.00. The molecular weight excluding hydrogens is 593 g/mol. The minimum absolute atomic E-state index is 0.0335. The molecule has 13 heteroatoms. The number of fused-ring (bicyclic) bond motifs is 3. The zero-order valence-corrected chi connectivity index (χ0v) is 25.6. The Labute approximate surface area is 258 Å². The van der Waals surface area contributed by atoms with E-state index in [1.807, 2.05) is 13.0 Å². The van der Waals surface area contributed by atoms with Crippen molar-refractivity contribution in [2.45, 2.75) is 66.7 Å². The Morgan fingerprint density at radius 2 is 2.00 bits per heavy atom. The molecule has 3 fully saturated rings. The van der Waals surface area contributed by atoms with Crippen molar-refractivity contribution in [1.29, 1.82) is 0 Å². The standard InChI is InChI=1S/C31H35F3N6O3S/c1-30(17-43-18-30)37-29(41)19-9-12-22(26(16-19)42-3)35-15-5-6-23-28(44-31(32,33)34)25-7-4-8-27(40(25)38-23)36-21-13-10-20-11-14-24(21)39(20)2/h4,7-9,12,16,20-21,24,35-36H,10-11,13-15,17-18H2,1-3H3,(H,37,41)/t20-,21-,24-/m1/s1. The zero-order chi connectivity index (χ0) is 31.1. The third-order valence-electron chi connectivity index (χ3n) is 8.63. The molecule has 1 amide bonds. The maximum absolute atomic E-state index is 13.6. The smallest absolute Gasteiger partial charge is 0.446 e. The van der Waals surface area contributed by atoms with Gasteiger partial charge >= 0.3 is 5.51 Å². The zero-order valence-electron chi connectivity index (χ0n) is 24.8. The summed E-state index contributed by atoms with van der Waals surface area (Å²) in [7, 11) is 3.64. The van der Waals surface area contributed by atoms with Gasteiger partial charge in [-0.3, -0.25) is 9.69 Å². The van der Waals surface area contributed by atoms with Gasteiger partial charge in [0.05, 0.1) is 48.5 Å². The van der Waals surface area contributed by atoms with E-state index in [-0.39, 0.29) is 46.4 Å². The van der Waals surface area contributed by atoms with E-state index in [1.165, 1.54) is 18.0 Å². The van der Waals surface area contributed by atoms with Crippen LogP contribution in [0, 0.1) is 11.8 Å². The molecule has 3 aromatic rings. The first kappa shape index (κ1) is 30.4. The molecule has 44 heavy (non-hydrogen) atoms. The van der Waals surface area contributed by atoms with Crippen molar-refractivity contribution in [3.05, 3.63) is 47.7 Å². The number of rotatable bonds is 8. The second-order valence-corrected chi connectivity index (χ2v) is 12.9. The third-order valence-corrected chi connectivity index (χ3v) is 9.47. The number of nitrogens with zero attached hydrogens (tertiary/aromatic N) is 3. The van der Waals surface area contributed by atoms with Crippen LogP contribution in [-0.4, -0.2) is 83.5 Å². The van der Waals surface area contributed by atoms with Crippen molar-refractivity contribution in [3.8, 4) is 17.6 Å². The van der Waals surface area contributed by atoms with Gasteiger partial charge in [-0.1, -0.05) is 12.0 Å². The number of alkyl halides is 3. The van der Waals surface area contributed by atoms with E-state index in [9.17, 15) is 18.0 Å². The number of methoxy groups -OCH3 is 1. The highest BCUT2D eigenvalue weighted by Crippen LogP contribution is 2.42. The number of amides is 1. The number of benzene rings is 1. The number of ether oxygens (including phenoxy) is 2. The normalized spacial score (nSPS) is 22.5. The molecule has 2 bridgehead atoms. The number of hydrogen-bond acceptors (Lipinski definition) is 8. The van der Waals surface area contributed by atoms with Crippen LogP contribution in [0.2, 0.25) is 0 Å². The number of likely N-dealkylation sites (N-methyl/N-ethyl adjacent to an activating group) is 1. The topological polar surface area (TPSA) is 92.2 Å². The van der Waals surface area contributed by atoms with Gasteiger partial charge in [-0.25, -0.2) is 4.52 Å². The molecule has 3 aliphatic heterocycles. The Morgan fingerprint density at radius 1 is 1.20 bits per heavy atom. The number of nitrogens with one attached hydrogen (secondary N) is 3. The Balaban J connectivity index is 1.20. The molecule has 9 nitrogen and oxygen atoms in total. The Morgan fingerprint density at radius 3 is 2.73 bits per heavy atom. The summed E-state index contributed by atoms with van der Waals surface area (Å²) >= 11 is -0.203. The fourth-order valence-electron chi connectivity index (χ4n) is 6.32. The van der Waals surface area contributed by atoms with Gasteiger partial charge < -0.3 is 25.4 Å². The summed E-state index contributed by atoms with van der Waals surface area (Å²) in [6.45, 7) is 2.95. The molecule has 3 N–H and O–H groups in total. The number of carbonyl (C=O) groups is 1. The van der Waals surface area contributed by atoms with Gasteiger partial charge in [0.2, 0.25) is 0 Å². The predicted octanol–water partition coefficient (Wildman–Crippen LogP) is 4.97. The van der Waals surface area contributed by atoms with Crippen molar-refractivity contribution in [1.82, 2.24) is 19.8 Å². The van der Waals surface area contributed by atoms with Crippen LogP contribution in [0.25, 0.3) is 5.52 Å². The van der Waals surface area contributed by atoms with Crippen LogP contribution in [0.4, 0.5) is 24.7 Å². The quantitative estimate of drug-likeness (QED) is 0.238. The maximum atomic E-state index is 13.6. The Hall–Kier alpha value is -3.60. The van der Waals surface area contributed by atoms with Crippen LogP contribution in [0.3, 0.4) is 0 Å². The van der Waals surface area contributed by atoms with Gasteiger partial charge in [0.1, 0.15) is 17.3 Å². The van der Waals surface area contributed by atoms with E-state index in [4.69, 9.17) is 9.47 Å². The summed E-state index contributed by atoms with van der Waals surface area (Å²) in [6.07, 6.45) is 4.37. The summed E-state index contributed by atoms with van der Waals surface area (Å²) in [5.74, 6) is 6.60. The fraction of sp³-hybridized carbons (Fsp3) is 0.484. The van der Waals surface area contributed by atoms with Crippen LogP contribution < -0.4 is 20.7 Å². The monoisotopic (exact) mass is 628 g/mol. The minimum Gasteiger partial charge on any atom is -0.495 e. The molecule has 3 aliphatic rings. The van der Waals surface area contributed by atoms with E-state index < -0.39 is 5.51 Å². The average Bonchev–Trinajstić information content (AvgIpc) is 3.42. The fourth-order valence-corrected chi connectivity index (χ4v) is 7.00. The molecule has 234 valence electrons. The number of carbonyl (C=O) groups excluding carboxylic acids is 1. The van der Waals surface area contributed by atoms with Crippen LogP contribution in [0.15, 0.2) is 41.3 Å². The average molecular weight is 629 g/mol. The van der Waals surface area contributed by atoms with Crippen molar-refractivity contribution >= 4 is 34.7 Å². The SMILES string of the molecule is COc1cc(C(=O)NC2(C)COC2)ccc1NCC#Cc1nn2c(N[C@@H]3CC[C@@H]4CC[C@H]3N4C)cccc2c1SC(F)(F)F. The van der Waals surface area contributed by atoms with E-state index >= 15 is 0 Å². The molecule has 5 heterocycles. The Bertz CT molecular complexity index is 1610. The summed E-state index contributed by atoms with van der Waals surface area (Å²) in [5, 5.41) is 14.2. The number of thioether (sulfide) groups is 1. The van der Waals surface area contributed by atoms with Crippen LogP contribution in [0.5, 0.6) is 5.75 Å². The van der Waals surface area contributed by atoms with E-state index in [1.54, 1.807) is 30.3 Å². The predicted molar refractivity (Wildman–Crippen MR) is 163 cm³/mol. The molecule has 0 radical (unpaired) electrons. The number of piperidine rings is 1. The van der Waals surface area contributed by atoms with Gasteiger partial charge in [0, 0.05) is 23.7 Å². The molecule has 0 unspecified atom stereocenters. The number of pyridine rings is 1. The summed E-state index contributed by atoms with van der Waals surface area (Å²) in [4.78, 5) is 15.1. The Kier molecular flexibility index (Phi) is 8.34. The lowest BCUT2D eigenvalue weighted by molar-refractivity contribution is -0.0593. The lowest BCUT2D eigenvalue weighted by Crippen LogP contribution is -2.59. The van der Waals surface area contributed by atoms with Crippen LogP contribution in [0.1, 0.15) is 48.7 Å². The second kappa shape index (κ2) is 12.1. The van der Waals surface area contributed by atoms with Crippen molar-refractivity contribution in [3.63, 3.8) is 0 Å². The van der Waals surface area contributed by atoms with Gasteiger partial charge in [0.15, 0.2) is 0 Å². The summed E-state index contributed by atoms with van der Waals surface area (Å²) < 4.78 is 53.1. The largest absolute Gasteiger partial charge is 0.495 e. The number of aromatic nitrogens is 2. The first-order valence-electron chi connectivity index (χ1n) is 14.6. The van der Waals surface area contributed by atoms with Gasteiger partial charge in [0.25, 0.3) is 5.91 Å². The van der Waals surface area contributed by atoms with Crippen LogP contribution >= 0.6 is 11.8 Å². The first-order valence-corrected chi connectivity index (χ1v) is 15.4. The van der Waals surface area contributed by atoms with Gasteiger partial charge in [-0.05, 0) is 87.7 Å². The molecular formula is C31H35F3N6O3S. The molecule has 6 rings (SSSR count). The highest BCUT2D eigenvalue weighted by Gasteiger charge is 2.40. The van der Waals surface area contributed by atoms with E-state index in [0.717, 1.165) is 19.3 Å². The van der Waals surface area contributed by atoms with Crippen molar-refractivity contribution in [2.24, 2.45) is 0 Å². The van der Waals surface area contributed by atoms with E-state index in [2.05, 4.69) is 44.8 Å². The molecule has 3 atom stereocenters. The highest BCUT2D eigenvalue weighted by atomic mass is 32.2. The molecule has 2 aromatic heterocycles. The number of hydrogen-bond donors (Lipinski definition) is 3.